The van der Waals surface area contributed by atoms with Gasteiger partial charge in [-0.15, -0.1) is 0 Å². The highest BCUT2D eigenvalue weighted by atomic mass is 79.9. The second kappa shape index (κ2) is 5.85. The van der Waals surface area contributed by atoms with Crippen LogP contribution in [0.2, 0.25) is 0 Å². The van der Waals surface area contributed by atoms with Gasteiger partial charge >= 0.3 is 0 Å². The van der Waals surface area contributed by atoms with Gasteiger partial charge in [0.1, 0.15) is 0 Å². The van der Waals surface area contributed by atoms with E-state index in [1.165, 1.54) is 0 Å². The first-order valence-corrected chi connectivity index (χ1v) is 7.16. The Labute approximate surface area is 116 Å². The van der Waals surface area contributed by atoms with Crippen LogP contribution in [0.4, 0.5) is 0 Å². The van der Waals surface area contributed by atoms with Crippen molar-refractivity contribution in [2.75, 3.05) is 19.6 Å². The summed E-state index contributed by atoms with van der Waals surface area (Å²) in [6, 6.07) is 7.56. The lowest BCUT2D eigenvalue weighted by Crippen LogP contribution is -2.45. The second-order valence-corrected chi connectivity index (χ2v) is 5.94. The number of benzene rings is 1. The Balaban J connectivity index is 2.10. The third kappa shape index (κ3) is 2.93. The fourth-order valence-corrected chi connectivity index (χ4v) is 2.84. The van der Waals surface area contributed by atoms with E-state index in [0.717, 1.165) is 29.5 Å². The number of amides is 1. The lowest BCUT2D eigenvalue weighted by molar-refractivity contribution is 0.0618. The van der Waals surface area contributed by atoms with Crippen LogP contribution in [-0.2, 0) is 0 Å². The number of hydrogen-bond donors (Lipinski definition) is 1. The molecule has 1 fully saturated rings. The summed E-state index contributed by atoms with van der Waals surface area (Å²) in [6.07, 6.45) is 1.04. The van der Waals surface area contributed by atoms with E-state index in [-0.39, 0.29) is 5.91 Å². The summed E-state index contributed by atoms with van der Waals surface area (Å²) in [7, 11) is 0. The molecule has 2 N–H and O–H groups in total. The van der Waals surface area contributed by atoms with Crippen LogP contribution < -0.4 is 5.73 Å². The first kappa shape index (κ1) is 13.6. The standard InChI is InChI=1S/C14H19BrN2O/c1-10-5-6-17(9-12(10)8-16)14(18)11-3-2-4-13(15)7-11/h2-4,7,10,12H,5-6,8-9,16H2,1H3. The molecule has 2 atom stereocenters. The van der Waals surface area contributed by atoms with Crippen LogP contribution >= 0.6 is 15.9 Å². The number of carbonyl (C=O) groups is 1. The molecule has 0 bridgehead atoms. The molecule has 1 aromatic rings. The van der Waals surface area contributed by atoms with Crippen LogP contribution in [0.15, 0.2) is 28.7 Å². The maximum atomic E-state index is 12.4. The topological polar surface area (TPSA) is 46.3 Å². The van der Waals surface area contributed by atoms with Crippen molar-refractivity contribution >= 4 is 21.8 Å². The Morgan fingerprint density at radius 1 is 1.56 bits per heavy atom. The van der Waals surface area contributed by atoms with Gasteiger partial charge in [-0.05, 0) is 43.0 Å². The molecule has 0 aromatic heterocycles. The van der Waals surface area contributed by atoms with Crippen LogP contribution in [0.1, 0.15) is 23.7 Å². The van der Waals surface area contributed by atoms with E-state index < -0.39 is 0 Å². The molecule has 4 heteroatoms. The fraction of sp³-hybridized carbons (Fsp3) is 0.500. The third-order valence-corrected chi connectivity index (χ3v) is 4.27. The largest absolute Gasteiger partial charge is 0.338 e. The molecular weight excluding hydrogens is 292 g/mol. The average Bonchev–Trinajstić information content (AvgIpc) is 2.38. The van der Waals surface area contributed by atoms with E-state index in [2.05, 4.69) is 22.9 Å². The molecule has 0 aliphatic carbocycles. The molecule has 1 aliphatic heterocycles. The molecule has 2 rings (SSSR count). The number of carbonyl (C=O) groups excluding carboxylic acids is 1. The molecule has 3 nitrogen and oxygen atoms in total. The van der Waals surface area contributed by atoms with Gasteiger partial charge < -0.3 is 10.6 Å². The second-order valence-electron chi connectivity index (χ2n) is 5.02. The number of rotatable bonds is 2. The third-order valence-electron chi connectivity index (χ3n) is 3.78. The van der Waals surface area contributed by atoms with Gasteiger partial charge in [-0.2, -0.15) is 0 Å². The monoisotopic (exact) mass is 310 g/mol. The quantitative estimate of drug-likeness (QED) is 0.912. The fourth-order valence-electron chi connectivity index (χ4n) is 2.44. The molecule has 0 radical (unpaired) electrons. The van der Waals surface area contributed by atoms with Gasteiger partial charge in [-0.1, -0.05) is 28.9 Å². The Hall–Kier alpha value is -0.870. The first-order chi connectivity index (χ1) is 8.61. The first-order valence-electron chi connectivity index (χ1n) is 6.36. The van der Waals surface area contributed by atoms with Crippen LogP contribution in [0, 0.1) is 11.8 Å². The minimum atomic E-state index is 0.113. The summed E-state index contributed by atoms with van der Waals surface area (Å²) in [4.78, 5) is 14.3. The zero-order valence-corrected chi connectivity index (χ0v) is 12.2. The normalized spacial score (nSPS) is 24.1. The van der Waals surface area contributed by atoms with E-state index in [1.807, 2.05) is 29.2 Å². The number of likely N-dealkylation sites (tertiary alicyclic amines) is 1. The zero-order valence-electron chi connectivity index (χ0n) is 10.6. The minimum absolute atomic E-state index is 0.113. The van der Waals surface area contributed by atoms with Gasteiger partial charge in [0.25, 0.3) is 5.91 Å². The highest BCUT2D eigenvalue weighted by molar-refractivity contribution is 9.10. The molecule has 1 saturated heterocycles. The molecule has 1 amide bonds. The summed E-state index contributed by atoms with van der Waals surface area (Å²) in [6.45, 7) is 4.49. The van der Waals surface area contributed by atoms with Crippen molar-refractivity contribution in [1.29, 1.82) is 0 Å². The van der Waals surface area contributed by atoms with Crippen LogP contribution in [-0.4, -0.2) is 30.4 Å². The molecule has 0 saturated carbocycles. The lowest BCUT2D eigenvalue weighted by atomic mass is 9.87. The van der Waals surface area contributed by atoms with Crippen molar-refractivity contribution in [2.45, 2.75) is 13.3 Å². The molecule has 1 heterocycles. The highest BCUT2D eigenvalue weighted by Gasteiger charge is 2.28. The summed E-state index contributed by atoms with van der Waals surface area (Å²) in [5, 5.41) is 0. The van der Waals surface area contributed by atoms with Gasteiger partial charge in [0.15, 0.2) is 0 Å². The molecular formula is C14H19BrN2O. The van der Waals surface area contributed by atoms with Crippen molar-refractivity contribution in [1.82, 2.24) is 4.90 Å². The van der Waals surface area contributed by atoms with Crippen LogP contribution in [0.3, 0.4) is 0 Å². The van der Waals surface area contributed by atoms with Gasteiger partial charge in [-0.25, -0.2) is 0 Å². The molecule has 18 heavy (non-hydrogen) atoms. The molecule has 1 aromatic carbocycles. The molecule has 2 unspecified atom stereocenters. The Morgan fingerprint density at radius 3 is 3.00 bits per heavy atom. The lowest BCUT2D eigenvalue weighted by Gasteiger charge is -2.36. The van der Waals surface area contributed by atoms with Crippen LogP contribution in [0.5, 0.6) is 0 Å². The van der Waals surface area contributed by atoms with Gasteiger partial charge in [0.05, 0.1) is 0 Å². The summed E-state index contributed by atoms with van der Waals surface area (Å²) < 4.78 is 0.939. The average molecular weight is 311 g/mol. The van der Waals surface area contributed by atoms with Crippen molar-refractivity contribution in [3.8, 4) is 0 Å². The SMILES string of the molecule is CC1CCN(C(=O)c2cccc(Br)c2)CC1CN. The van der Waals surface area contributed by atoms with Gasteiger partial charge in [0.2, 0.25) is 0 Å². The van der Waals surface area contributed by atoms with Crippen LogP contribution in [0.25, 0.3) is 0 Å². The number of nitrogens with two attached hydrogens (primary N) is 1. The van der Waals surface area contributed by atoms with Crippen molar-refractivity contribution in [3.05, 3.63) is 34.3 Å². The summed E-state index contributed by atoms with van der Waals surface area (Å²) >= 11 is 3.40. The number of nitrogens with zero attached hydrogens (tertiary/aromatic N) is 1. The molecule has 1 aliphatic rings. The van der Waals surface area contributed by atoms with Crippen molar-refractivity contribution in [3.63, 3.8) is 0 Å². The van der Waals surface area contributed by atoms with E-state index >= 15 is 0 Å². The van der Waals surface area contributed by atoms with Gasteiger partial charge in [0, 0.05) is 23.1 Å². The highest BCUT2D eigenvalue weighted by Crippen LogP contribution is 2.24. The van der Waals surface area contributed by atoms with E-state index in [1.54, 1.807) is 0 Å². The molecule has 98 valence electrons. The van der Waals surface area contributed by atoms with E-state index in [9.17, 15) is 4.79 Å². The van der Waals surface area contributed by atoms with Gasteiger partial charge in [-0.3, -0.25) is 4.79 Å². The number of hydrogen-bond acceptors (Lipinski definition) is 2. The maximum Gasteiger partial charge on any atom is 0.253 e. The summed E-state index contributed by atoms with van der Waals surface area (Å²) in [5.41, 5.74) is 6.52. The smallest absolute Gasteiger partial charge is 0.253 e. The Bertz CT molecular complexity index is 436. The predicted molar refractivity (Wildman–Crippen MR) is 76.4 cm³/mol. The molecule has 0 spiro atoms. The van der Waals surface area contributed by atoms with E-state index in [0.29, 0.717) is 18.4 Å². The zero-order chi connectivity index (χ0) is 13.1. The Kier molecular flexibility index (Phi) is 4.40. The van der Waals surface area contributed by atoms with Crippen molar-refractivity contribution in [2.24, 2.45) is 17.6 Å². The van der Waals surface area contributed by atoms with E-state index in [4.69, 9.17) is 5.73 Å². The number of piperidine rings is 1. The maximum absolute atomic E-state index is 12.4. The number of halogens is 1. The minimum Gasteiger partial charge on any atom is -0.338 e. The van der Waals surface area contributed by atoms with Crippen molar-refractivity contribution < 1.29 is 4.79 Å². The Morgan fingerprint density at radius 2 is 2.33 bits per heavy atom. The summed E-state index contributed by atoms with van der Waals surface area (Å²) in [5.74, 6) is 1.15. The predicted octanol–water partition coefficient (Wildman–Crippen LogP) is 2.51.